The fraction of sp³-hybridized carbons (Fsp3) is 0.489. The summed E-state index contributed by atoms with van der Waals surface area (Å²) < 4.78 is 1.20. The van der Waals surface area contributed by atoms with E-state index < -0.39 is 0 Å². The first-order valence-corrected chi connectivity index (χ1v) is 20.4. The number of hydrogen-bond acceptors (Lipinski definition) is 0. The minimum Gasteiger partial charge on any atom is -0.0654 e. The normalized spacial score (nSPS) is 22.1. The lowest BCUT2D eigenvalue weighted by molar-refractivity contribution is 0.0305. The molecule has 0 N–H and O–H groups in total. The third-order valence-electron chi connectivity index (χ3n) is 13.2. The van der Waals surface area contributed by atoms with Crippen LogP contribution in [-0.2, 0) is 10.8 Å². The van der Waals surface area contributed by atoms with Crippen molar-refractivity contribution in [2.75, 3.05) is 0 Å². The molecule has 4 aromatic carbocycles. The van der Waals surface area contributed by atoms with Gasteiger partial charge in [-0.25, -0.2) is 0 Å². The molecule has 0 aliphatic heterocycles. The van der Waals surface area contributed by atoms with E-state index in [9.17, 15) is 0 Å². The quantitative estimate of drug-likeness (QED) is 0.115. The third kappa shape index (κ3) is 6.27. The van der Waals surface area contributed by atoms with Crippen LogP contribution in [-0.4, -0.2) is 0 Å². The number of unbranched alkanes of at least 4 members (excludes halogenated alkanes) is 5. The lowest BCUT2D eigenvalue weighted by Gasteiger charge is -2.54. The van der Waals surface area contributed by atoms with Gasteiger partial charge in [-0.15, -0.1) is 0 Å². The van der Waals surface area contributed by atoms with Gasteiger partial charge in [0.15, 0.2) is 0 Å². The Kier molecular flexibility index (Phi) is 10.1. The van der Waals surface area contributed by atoms with E-state index in [1.165, 1.54) is 153 Å². The van der Waals surface area contributed by atoms with Crippen molar-refractivity contribution in [1.29, 1.82) is 0 Å². The van der Waals surface area contributed by atoms with Crippen molar-refractivity contribution in [2.45, 2.75) is 141 Å². The van der Waals surface area contributed by atoms with E-state index in [4.69, 9.17) is 0 Å². The molecular weight excluding hydrogens is 644 g/mol. The zero-order valence-corrected chi connectivity index (χ0v) is 31.6. The first-order valence-electron chi connectivity index (χ1n) is 19.6. The monoisotopic (exact) mass is 700 g/mol. The van der Waals surface area contributed by atoms with Crippen LogP contribution >= 0.6 is 15.9 Å². The van der Waals surface area contributed by atoms with Gasteiger partial charge in [-0.05, 0) is 137 Å². The van der Waals surface area contributed by atoms with Crippen LogP contribution < -0.4 is 0 Å². The van der Waals surface area contributed by atoms with Gasteiger partial charge in [0.2, 0.25) is 0 Å². The molecule has 252 valence electrons. The summed E-state index contributed by atoms with van der Waals surface area (Å²) in [6.07, 6.45) is 23.1. The van der Waals surface area contributed by atoms with Gasteiger partial charge in [-0.3, -0.25) is 0 Å². The van der Waals surface area contributed by atoms with E-state index in [1.54, 1.807) is 11.1 Å². The second kappa shape index (κ2) is 14.3. The summed E-state index contributed by atoms with van der Waals surface area (Å²) in [5, 5.41) is 0. The highest BCUT2D eigenvalue weighted by molar-refractivity contribution is 9.10. The predicted molar refractivity (Wildman–Crippen MR) is 211 cm³/mol. The fourth-order valence-electron chi connectivity index (χ4n) is 10.1. The van der Waals surface area contributed by atoms with Crippen molar-refractivity contribution in [2.24, 2.45) is 5.41 Å². The Balaban J connectivity index is 1.10. The molecule has 8 rings (SSSR count). The van der Waals surface area contributed by atoms with Crippen LogP contribution in [0.5, 0.6) is 0 Å². The molecule has 0 spiro atoms. The standard InChI is InChI=1S/C47H57Br/c1-4-7-10-11-24-45-27-30-46(31-28-45,32-29-45)39-19-16-36(17-20-39)35-12-14-37(15-13-35)38-18-22-41-42-23-21-40(48)34-44(42)47(25-8-5-2,26-9-6-3)43(41)33-38/h12-23,33-34H,4-11,24-32H2,1-3H3. The summed E-state index contributed by atoms with van der Waals surface area (Å²) in [5.41, 5.74) is 14.1. The molecule has 0 saturated heterocycles. The molecule has 1 heteroatoms. The molecule has 0 radical (unpaired) electrons. The van der Waals surface area contributed by atoms with Crippen LogP contribution in [0.1, 0.15) is 147 Å². The molecule has 0 unspecified atom stereocenters. The highest BCUT2D eigenvalue weighted by Gasteiger charge is 2.48. The summed E-state index contributed by atoms with van der Waals surface area (Å²) in [7, 11) is 0. The summed E-state index contributed by atoms with van der Waals surface area (Å²) >= 11 is 3.82. The van der Waals surface area contributed by atoms with Crippen LogP contribution in [0.4, 0.5) is 0 Å². The zero-order valence-electron chi connectivity index (χ0n) is 30.0. The van der Waals surface area contributed by atoms with Gasteiger partial charge in [-0.1, -0.05) is 155 Å². The van der Waals surface area contributed by atoms with Crippen LogP contribution in [0.3, 0.4) is 0 Å². The van der Waals surface area contributed by atoms with Crippen LogP contribution in [0, 0.1) is 5.41 Å². The first kappa shape index (κ1) is 33.8. The Labute approximate surface area is 300 Å². The van der Waals surface area contributed by atoms with Gasteiger partial charge in [0.25, 0.3) is 0 Å². The predicted octanol–water partition coefficient (Wildman–Crippen LogP) is 15.0. The van der Waals surface area contributed by atoms with Crippen molar-refractivity contribution in [1.82, 2.24) is 0 Å². The van der Waals surface area contributed by atoms with E-state index in [2.05, 4.69) is 122 Å². The van der Waals surface area contributed by atoms with Crippen LogP contribution in [0.2, 0.25) is 0 Å². The van der Waals surface area contributed by atoms with Gasteiger partial charge in [0.1, 0.15) is 0 Å². The molecule has 0 amide bonds. The van der Waals surface area contributed by atoms with Crippen molar-refractivity contribution < 1.29 is 0 Å². The molecule has 0 atom stereocenters. The molecule has 4 aromatic rings. The number of halogens is 1. The molecule has 0 heterocycles. The SMILES string of the molecule is CCCCCCC12CCC(c3ccc(-c4ccc(-c5ccc6c(c5)C(CCCC)(CCCC)c5cc(Br)ccc5-6)cc4)cc3)(CC1)CC2. The third-order valence-corrected chi connectivity index (χ3v) is 13.7. The molecule has 4 aliphatic carbocycles. The zero-order chi connectivity index (χ0) is 33.2. The first-order chi connectivity index (χ1) is 23.4. The number of rotatable bonds is 14. The van der Waals surface area contributed by atoms with Crippen molar-refractivity contribution in [3.63, 3.8) is 0 Å². The molecule has 48 heavy (non-hydrogen) atoms. The van der Waals surface area contributed by atoms with Crippen molar-refractivity contribution >= 4 is 15.9 Å². The smallest absolute Gasteiger partial charge is 0.0215 e. The largest absolute Gasteiger partial charge is 0.0654 e. The minimum atomic E-state index is 0.102. The Hall–Kier alpha value is -2.64. The Morgan fingerprint density at radius 3 is 1.56 bits per heavy atom. The van der Waals surface area contributed by atoms with Crippen molar-refractivity contribution in [3.8, 4) is 33.4 Å². The van der Waals surface area contributed by atoms with E-state index in [1.807, 2.05) is 0 Å². The van der Waals surface area contributed by atoms with E-state index in [0.29, 0.717) is 10.8 Å². The van der Waals surface area contributed by atoms with Gasteiger partial charge in [-0.2, -0.15) is 0 Å². The highest BCUT2D eigenvalue weighted by atomic mass is 79.9. The minimum absolute atomic E-state index is 0.102. The van der Waals surface area contributed by atoms with Crippen LogP contribution in [0.25, 0.3) is 33.4 Å². The summed E-state index contributed by atoms with van der Waals surface area (Å²) in [6.45, 7) is 7.00. The Morgan fingerprint density at radius 2 is 0.979 bits per heavy atom. The van der Waals surface area contributed by atoms with Gasteiger partial charge < -0.3 is 0 Å². The maximum atomic E-state index is 3.82. The molecule has 3 fully saturated rings. The average molecular weight is 702 g/mol. The molecule has 2 bridgehead atoms. The maximum Gasteiger partial charge on any atom is 0.0215 e. The molecule has 3 saturated carbocycles. The highest BCUT2D eigenvalue weighted by Crippen LogP contribution is 2.60. The van der Waals surface area contributed by atoms with Gasteiger partial charge >= 0.3 is 0 Å². The average Bonchev–Trinajstić information content (AvgIpc) is 3.40. The molecular formula is C47H57Br. The molecule has 0 aromatic heterocycles. The maximum absolute atomic E-state index is 3.82. The fourth-order valence-corrected chi connectivity index (χ4v) is 10.5. The number of fused-ring (bicyclic) bond motifs is 6. The second-order valence-electron chi connectivity index (χ2n) is 16.0. The Bertz CT molecular complexity index is 1660. The Morgan fingerprint density at radius 1 is 0.479 bits per heavy atom. The van der Waals surface area contributed by atoms with E-state index >= 15 is 0 Å². The summed E-state index contributed by atoms with van der Waals surface area (Å²) in [5.74, 6) is 0. The lowest BCUT2D eigenvalue weighted by atomic mass is 9.51. The lowest BCUT2D eigenvalue weighted by Crippen LogP contribution is -2.44. The number of benzene rings is 4. The van der Waals surface area contributed by atoms with Gasteiger partial charge in [0, 0.05) is 9.89 Å². The van der Waals surface area contributed by atoms with E-state index in [-0.39, 0.29) is 5.41 Å². The summed E-state index contributed by atoms with van der Waals surface area (Å²) in [6, 6.07) is 33.5. The second-order valence-corrected chi connectivity index (χ2v) is 16.9. The topological polar surface area (TPSA) is 0 Å². The van der Waals surface area contributed by atoms with Crippen LogP contribution in [0.15, 0.2) is 89.4 Å². The van der Waals surface area contributed by atoms with Gasteiger partial charge in [0.05, 0.1) is 0 Å². The molecule has 0 nitrogen and oxygen atoms in total. The van der Waals surface area contributed by atoms with E-state index in [0.717, 1.165) is 0 Å². The van der Waals surface area contributed by atoms with Crippen molar-refractivity contribution in [3.05, 3.63) is 106 Å². The number of hydrogen-bond donors (Lipinski definition) is 0. The molecule has 4 aliphatic rings. The summed E-state index contributed by atoms with van der Waals surface area (Å²) in [4.78, 5) is 0.